The standard InChI is InChI=1S/C12H30O2Si2/c1-6-8-10-13-15(3)12-16(4,5)14-11-9-7-2/h15H,6-12H2,1-5H3. The second-order valence-corrected chi connectivity index (χ2v) is 12.6. The topological polar surface area (TPSA) is 18.5 Å². The molecule has 0 aromatic heterocycles. The van der Waals surface area contributed by atoms with Gasteiger partial charge in [0.05, 0.1) is 0 Å². The molecule has 0 aromatic rings. The summed E-state index contributed by atoms with van der Waals surface area (Å²) in [6, 6.07) is 0. The highest BCUT2D eigenvalue weighted by atomic mass is 28.4. The molecule has 2 nitrogen and oxygen atoms in total. The van der Waals surface area contributed by atoms with Crippen molar-refractivity contribution in [2.24, 2.45) is 0 Å². The fourth-order valence-electron chi connectivity index (χ4n) is 1.73. The Hall–Kier alpha value is 0.354. The Kier molecular flexibility index (Phi) is 9.60. The van der Waals surface area contributed by atoms with Crippen molar-refractivity contribution in [3.63, 3.8) is 0 Å². The number of hydrogen-bond donors (Lipinski definition) is 0. The molecule has 1 unspecified atom stereocenters. The lowest BCUT2D eigenvalue weighted by atomic mass is 10.4. The van der Waals surface area contributed by atoms with Gasteiger partial charge in [-0.1, -0.05) is 26.7 Å². The summed E-state index contributed by atoms with van der Waals surface area (Å²) in [4.78, 5) is 0. The maximum atomic E-state index is 6.04. The zero-order valence-electron chi connectivity index (χ0n) is 11.8. The molecular weight excluding hydrogens is 232 g/mol. The molecular formula is C12H30O2Si2. The molecule has 0 rings (SSSR count). The van der Waals surface area contributed by atoms with Crippen molar-refractivity contribution in [2.75, 3.05) is 13.2 Å². The van der Waals surface area contributed by atoms with Crippen molar-refractivity contribution in [2.45, 2.75) is 64.8 Å². The third-order valence-corrected chi connectivity index (χ3v) is 10.7. The van der Waals surface area contributed by atoms with Crippen molar-refractivity contribution in [3.05, 3.63) is 0 Å². The fourth-order valence-corrected chi connectivity index (χ4v) is 9.48. The van der Waals surface area contributed by atoms with E-state index in [-0.39, 0.29) is 0 Å². The fraction of sp³-hybridized carbons (Fsp3) is 1.00. The molecule has 16 heavy (non-hydrogen) atoms. The van der Waals surface area contributed by atoms with Crippen molar-refractivity contribution >= 4 is 17.4 Å². The van der Waals surface area contributed by atoms with E-state index in [1.807, 2.05) is 0 Å². The Morgan fingerprint density at radius 2 is 1.56 bits per heavy atom. The third-order valence-electron chi connectivity index (χ3n) is 2.67. The Bertz CT molecular complexity index is 163. The highest BCUT2D eigenvalue weighted by Gasteiger charge is 2.26. The summed E-state index contributed by atoms with van der Waals surface area (Å²) in [6.45, 7) is 13.3. The van der Waals surface area contributed by atoms with E-state index in [1.165, 1.54) is 31.4 Å². The summed E-state index contributed by atoms with van der Waals surface area (Å²) >= 11 is 0. The molecule has 0 aromatic carbocycles. The van der Waals surface area contributed by atoms with Gasteiger partial charge in [0.15, 0.2) is 17.4 Å². The van der Waals surface area contributed by atoms with Crippen molar-refractivity contribution in [1.29, 1.82) is 0 Å². The van der Waals surface area contributed by atoms with Gasteiger partial charge in [0.1, 0.15) is 0 Å². The van der Waals surface area contributed by atoms with Crippen LogP contribution in [0.2, 0.25) is 25.3 Å². The first-order valence-corrected chi connectivity index (χ1v) is 12.3. The molecule has 0 fully saturated rings. The molecule has 0 heterocycles. The maximum absolute atomic E-state index is 6.04. The molecule has 0 saturated heterocycles. The van der Waals surface area contributed by atoms with E-state index in [2.05, 4.69) is 33.5 Å². The largest absolute Gasteiger partial charge is 0.421 e. The zero-order valence-corrected chi connectivity index (χ0v) is 14.0. The van der Waals surface area contributed by atoms with Crippen LogP contribution in [0.4, 0.5) is 0 Å². The molecule has 0 saturated carbocycles. The molecule has 0 aliphatic rings. The molecule has 0 bridgehead atoms. The Balaban J connectivity index is 3.67. The second-order valence-electron chi connectivity index (χ2n) is 5.20. The van der Waals surface area contributed by atoms with Crippen LogP contribution in [0.1, 0.15) is 39.5 Å². The van der Waals surface area contributed by atoms with Crippen LogP contribution < -0.4 is 0 Å². The summed E-state index contributed by atoms with van der Waals surface area (Å²) in [6.07, 6.45) is 4.86. The van der Waals surface area contributed by atoms with Crippen molar-refractivity contribution in [3.8, 4) is 0 Å². The van der Waals surface area contributed by atoms with E-state index in [1.54, 1.807) is 0 Å². The number of hydrogen-bond acceptors (Lipinski definition) is 2. The van der Waals surface area contributed by atoms with Crippen LogP contribution in [0, 0.1) is 0 Å². The molecule has 4 heteroatoms. The minimum absolute atomic E-state index is 0.950. The lowest BCUT2D eigenvalue weighted by Gasteiger charge is -2.25. The summed E-state index contributed by atoms with van der Waals surface area (Å²) < 4.78 is 12.0. The minimum Gasteiger partial charge on any atom is -0.421 e. The Labute approximate surface area is 105 Å². The van der Waals surface area contributed by atoms with Gasteiger partial charge in [-0.3, -0.25) is 0 Å². The molecule has 0 N–H and O–H groups in total. The lowest BCUT2D eigenvalue weighted by Crippen LogP contribution is -2.37. The van der Waals surface area contributed by atoms with Gasteiger partial charge in [-0.15, -0.1) is 0 Å². The van der Waals surface area contributed by atoms with E-state index in [0.29, 0.717) is 0 Å². The van der Waals surface area contributed by atoms with Gasteiger partial charge in [0.25, 0.3) is 0 Å². The normalized spacial score (nSPS) is 14.1. The van der Waals surface area contributed by atoms with Gasteiger partial charge in [0.2, 0.25) is 0 Å². The van der Waals surface area contributed by atoms with Crippen molar-refractivity contribution in [1.82, 2.24) is 0 Å². The monoisotopic (exact) mass is 262 g/mol. The summed E-state index contributed by atoms with van der Waals surface area (Å²) in [7, 11) is -2.40. The lowest BCUT2D eigenvalue weighted by molar-refractivity contribution is 0.293. The van der Waals surface area contributed by atoms with Gasteiger partial charge >= 0.3 is 0 Å². The molecule has 0 spiro atoms. The van der Waals surface area contributed by atoms with Gasteiger partial charge in [-0.25, -0.2) is 0 Å². The summed E-state index contributed by atoms with van der Waals surface area (Å²) in [5.41, 5.74) is 1.25. The van der Waals surface area contributed by atoms with Gasteiger partial charge in [-0.2, -0.15) is 0 Å². The predicted octanol–water partition coefficient (Wildman–Crippen LogP) is 3.72. The molecule has 0 radical (unpaired) electrons. The number of unbranched alkanes of at least 4 members (excludes halogenated alkanes) is 2. The van der Waals surface area contributed by atoms with Gasteiger partial charge in [0, 0.05) is 13.2 Å². The van der Waals surface area contributed by atoms with Crippen LogP contribution in [-0.4, -0.2) is 30.6 Å². The molecule has 0 amide bonds. The van der Waals surface area contributed by atoms with E-state index >= 15 is 0 Å². The molecule has 0 aliphatic carbocycles. The van der Waals surface area contributed by atoms with E-state index < -0.39 is 17.4 Å². The molecule has 98 valence electrons. The van der Waals surface area contributed by atoms with Gasteiger partial charge < -0.3 is 8.85 Å². The smallest absolute Gasteiger partial charge is 0.186 e. The minimum atomic E-state index is -1.43. The highest BCUT2D eigenvalue weighted by molar-refractivity contribution is 6.82. The van der Waals surface area contributed by atoms with Crippen LogP contribution >= 0.6 is 0 Å². The van der Waals surface area contributed by atoms with E-state index in [0.717, 1.165) is 13.2 Å². The average Bonchev–Trinajstić information content (AvgIpc) is 2.17. The quantitative estimate of drug-likeness (QED) is 0.441. The second kappa shape index (κ2) is 9.39. The van der Waals surface area contributed by atoms with Gasteiger partial charge in [-0.05, 0) is 38.2 Å². The molecule has 1 atom stereocenters. The highest BCUT2D eigenvalue weighted by Crippen LogP contribution is 2.15. The third kappa shape index (κ3) is 9.57. The van der Waals surface area contributed by atoms with Crippen molar-refractivity contribution < 1.29 is 8.85 Å². The number of rotatable bonds is 10. The summed E-state index contributed by atoms with van der Waals surface area (Å²) in [5.74, 6) is 0. The average molecular weight is 263 g/mol. The first-order chi connectivity index (χ1) is 7.52. The molecule has 0 aliphatic heterocycles. The van der Waals surface area contributed by atoms with Crippen LogP contribution in [0.15, 0.2) is 0 Å². The predicted molar refractivity (Wildman–Crippen MR) is 77.0 cm³/mol. The van der Waals surface area contributed by atoms with Crippen LogP contribution in [0.5, 0.6) is 0 Å². The summed E-state index contributed by atoms with van der Waals surface area (Å²) in [5, 5.41) is 0. The van der Waals surface area contributed by atoms with Crippen LogP contribution in [0.3, 0.4) is 0 Å². The van der Waals surface area contributed by atoms with Crippen LogP contribution in [0.25, 0.3) is 0 Å². The first kappa shape index (κ1) is 16.4. The Morgan fingerprint density at radius 1 is 1.00 bits per heavy atom. The Morgan fingerprint density at radius 3 is 2.12 bits per heavy atom. The SMILES string of the molecule is CCCCO[SiH](C)C[Si](C)(C)OCCCC. The van der Waals surface area contributed by atoms with E-state index in [9.17, 15) is 0 Å². The van der Waals surface area contributed by atoms with E-state index in [4.69, 9.17) is 8.85 Å². The maximum Gasteiger partial charge on any atom is 0.186 e. The zero-order chi connectivity index (χ0) is 12.4. The first-order valence-electron chi connectivity index (χ1n) is 6.77. The van der Waals surface area contributed by atoms with Crippen LogP contribution in [-0.2, 0) is 8.85 Å².